The van der Waals surface area contributed by atoms with Gasteiger partial charge in [0.2, 0.25) is 17.6 Å². The van der Waals surface area contributed by atoms with Crippen molar-refractivity contribution in [3.63, 3.8) is 0 Å². The zero-order valence-electron chi connectivity index (χ0n) is 13.0. The lowest BCUT2D eigenvalue weighted by Gasteiger charge is -2.26. The predicted octanol–water partition coefficient (Wildman–Crippen LogP) is 1.74. The van der Waals surface area contributed by atoms with Crippen LogP contribution in [0.1, 0.15) is 18.7 Å². The average molecular weight is 316 g/mol. The van der Waals surface area contributed by atoms with Gasteiger partial charge in [-0.15, -0.1) is 0 Å². The van der Waals surface area contributed by atoms with Gasteiger partial charge >= 0.3 is 0 Å². The molecule has 7 nitrogen and oxygen atoms in total. The normalized spacial score (nSPS) is 17.0. The smallest absolute Gasteiger partial charge is 0.241 e. The molecule has 0 radical (unpaired) electrons. The van der Waals surface area contributed by atoms with Gasteiger partial charge in [0.1, 0.15) is 0 Å². The van der Waals surface area contributed by atoms with E-state index in [1.165, 1.54) is 0 Å². The number of aryl methyl sites for hydroxylation is 1. The molecule has 1 amide bonds. The van der Waals surface area contributed by atoms with Crippen molar-refractivity contribution in [3.05, 3.63) is 30.2 Å². The number of anilines is 1. The maximum Gasteiger partial charge on any atom is 0.241 e. The third-order valence-corrected chi connectivity index (χ3v) is 3.99. The molecule has 23 heavy (non-hydrogen) atoms. The minimum absolute atomic E-state index is 0.159. The fourth-order valence-electron chi connectivity index (χ4n) is 2.67. The summed E-state index contributed by atoms with van der Waals surface area (Å²) in [6.07, 6.45) is 1.63. The molecule has 1 atom stereocenters. The first-order valence-electron chi connectivity index (χ1n) is 7.68. The van der Waals surface area contributed by atoms with Crippen LogP contribution < -0.4 is 11.1 Å². The predicted molar refractivity (Wildman–Crippen MR) is 84.6 cm³/mol. The Balaban J connectivity index is 1.68. The van der Waals surface area contributed by atoms with E-state index in [-0.39, 0.29) is 11.8 Å². The molecule has 1 aromatic carbocycles. The van der Waals surface area contributed by atoms with Gasteiger partial charge in [0, 0.05) is 31.4 Å². The van der Waals surface area contributed by atoms with E-state index in [1.807, 2.05) is 18.2 Å². The highest BCUT2D eigenvalue weighted by atomic mass is 16.5. The molecule has 2 aromatic rings. The summed E-state index contributed by atoms with van der Waals surface area (Å²) < 4.78 is 10.3. The molecule has 0 bridgehead atoms. The van der Waals surface area contributed by atoms with Crippen LogP contribution in [0.4, 0.5) is 5.69 Å². The molecular formula is C16H20N4O3. The summed E-state index contributed by atoms with van der Waals surface area (Å²) in [6, 6.07) is 6.77. The number of carbonyl (C=O) groups excluding carboxylic acids is 1. The molecule has 1 aliphatic heterocycles. The Morgan fingerprint density at radius 2 is 2.17 bits per heavy atom. The number of benzene rings is 1. The molecule has 122 valence electrons. The molecule has 1 aromatic heterocycles. The standard InChI is InChI=1S/C16H20N4O3/c1-10-18-15(20-23-10)12-3-2-4-13(9-12)19-16(21)14(17)11-5-7-22-8-6-11/h2-4,9,11,14H,5-8,17H2,1H3,(H,19,21). The molecule has 0 spiro atoms. The molecule has 0 saturated carbocycles. The summed E-state index contributed by atoms with van der Waals surface area (Å²) in [5.41, 5.74) is 7.53. The van der Waals surface area contributed by atoms with Crippen LogP contribution in [-0.2, 0) is 9.53 Å². The van der Waals surface area contributed by atoms with Crippen molar-refractivity contribution >= 4 is 11.6 Å². The highest BCUT2D eigenvalue weighted by Gasteiger charge is 2.26. The van der Waals surface area contributed by atoms with Crippen molar-refractivity contribution in [1.29, 1.82) is 0 Å². The van der Waals surface area contributed by atoms with E-state index in [0.29, 0.717) is 30.6 Å². The number of nitrogens with zero attached hydrogens (tertiary/aromatic N) is 2. The van der Waals surface area contributed by atoms with Crippen molar-refractivity contribution in [2.75, 3.05) is 18.5 Å². The second kappa shape index (κ2) is 6.89. The van der Waals surface area contributed by atoms with E-state index in [0.717, 1.165) is 18.4 Å². The quantitative estimate of drug-likeness (QED) is 0.890. The Morgan fingerprint density at radius 1 is 1.39 bits per heavy atom. The van der Waals surface area contributed by atoms with E-state index in [2.05, 4.69) is 15.5 Å². The highest BCUT2D eigenvalue weighted by Crippen LogP contribution is 2.22. The Kier molecular flexibility index (Phi) is 4.68. The lowest BCUT2D eigenvalue weighted by molar-refractivity contribution is -0.119. The van der Waals surface area contributed by atoms with E-state index in [4.69, 9.17) is 15.0 Å². The van der Waals surface area contributed by atoms with Gasteiger partial charge in [-0.25, -0.2) is 0 Å². The van der Waals surface area contributed by atoms with Crippen LogP contribution in [-0.4, -0.2) is 35.3 Å². The minimum atomic E-state index is -0.532. The second-order valence-electron chi connectivity index (χ2n) is 5.68. The summed E-state index contributed by atoms with van der Waals surface area (Å²) in [7, 11) is 0. The lowest BCUT2D eigenvalue weighted by atomic mass is 9.92. The zero-order valence-corrected chi connectivity index (χ0v) is 13.0. The van der Waals surface area contributed by atoms with Crippen LogP contribution in [0.5, 0.6) is 0 Å². The van der Waals surface area contributed by atoms with Crippen LogP contribution >= 0.6 is 0 Å². The first-order valence-corrected chi connectivity index (χ1v) is 7.68. The summed E-state index contributed by atoms with van der Waals surface area (Å²) >= 11 is 0. The molecule has 0 aliphatic carbocycles. The summed E-state index contributed by atoms with van der Waals surface area (Å²) in [5.74, 6) is 0.966. The van der Waals surface area contributed by atoms with Crippen LogP contribution in [0.25, 0.3) is 11.4 Å². The van der Waals surface area contributed by atoms with Gasteiger partial charge in [-0.05, 0) is 30.9 Å². The van der Waals surface area contributed by atoms with Crippen LogP contribution in [0.3, 0.4) is 0 Å². The topological polar surface area (TPSA) is 103 Å². The lowest BCUT2D eigenvalue weighted by Crippen LogP contribution is -2.44. The van der Waals surface area contributed by atoms with Crippen molar-refractivity contribution in [2.45, 2.75) is 25.8 Å². The Hall–Kier alpha value is -2.25. The molecule has 1 saturated heterocycles. The minimum Gasteiger partial charge on any atom is -0.381 e. The van der Waals surface area contributed by atoms with E-state index in [9.17, 15) is 4.79 Å². The molecule has 3 N–H and O–H groups in total. The van der Waals surface area contributed by atoms with E-state index in [1.54, 1.807) is 13.0 Å². The van der Waals surface area contributed by atoms with Crippen LogP contribution in [0.15, 0.2) is 28.8 Å². The Morgan fingerprint density at radius 3 is 2.87 bits per heavy atom. The molecule has 2 heterocycles. The number of amides is 1. The molecule has 1 aliphatic rings. The summed E-state index contributed by atoms with van der Waals surface area (Å²) in [4.78, 5) is 16.5. The van der Waals surface area contributed by atoms with Gasteiger partial charge in [-0.1, -0.05) is 17.3 Å². The van der Waals surface area contributed by atoms with Gasteiger partial charge in [-0.2, -0.15) is 4.98 Å². The van der Waals surface area contributed by atoms with Crippen molar-refractivity contribution in [3.8, 4) is 11.4 Å². The monoisotopic (exact) mass is 316 g/mol. The van der Waals surface area contributed by atoms with Gasteiger partial charge < -0.3 is 20.3 Å². The number of nitrogens with one attached hydrogen (secondary N) is 1. The molecule has 7 heteroatoms. The Labute approximate surface area is 134 Å². The zero-order chi connectivity index (χ0) is 16.2. The van der Waals surface area contributed by atoms with E-state index < -0.39 is 6.04 Å². The van der Waals surface area contributed by atoms with E-state index >= 15 is 0 Å². The van der Waals surface area contributed by atoms with Gasteiger partial charge in [0.05, 0.1) is 6.04 Å². The molecule has 1 fully saturated rings. The highest BCUT2D eigenvalue weighted by molar-refractivity contribution is 5.95. The number of carbonyl (C=O) groups is 1. The number of ether oxygens (including phenoxy) is 1. The SMILES string of the molecule is Cc1nc(-c2cccc(NC(=O)C(N)C3CCOCC3)c2)no1. The maximum atomic E-state index is 12.3. The number of hydrogen-bond acceptors (Lipinski definition) is 6. The molecule has 1 unspecified atom stereocenters. The van der Waals surface area contributed by atoms with Gasteiger partial charge in [-0.3, -0.25) is 4.79 Å². The third-order valence-electron chi connectivity index (χ3n) is 3.99. The van der Waals surface area contributed by atoms with Gasteiger partial charge in [0.15, 0.2) is 0 Å². The number of hydrogen-bond donors (Lipinski definition) is 2. The number of nitrogens with two attached hydrogens (primary N) is 1. The first-order chi connectivity index (χ1) is 11.1. The molecule has 3 rings (SSSR count). The Bertz CT molecular complexity index is 679. The van der Waals surface area contributed by atoms with Crippen molar-refractivity contribution < 1.29 is 14.1 Å². The third kappa shape index (κ3) is 3.75. The molecular weight excluding hydrogens is 296 g/mol. The van der Waals surface area contributed by atoms with Gasteiger partial charge in [0.25, 0.3) is 0 Å². The number of aromatic nitrogens is 2. The summed E-state index contributed by atoms with van der Waals surface area (Å²) in [6.45, 7) is 3.06. The summed E-state index contributed by atoms with van der Waals surface area (Å²) in [5, 5.41) is 6.74. The fourth-order valence-corrected chi connectivity index (χ4v) is 2.67. The largest absolute Gasteiger partial charge is 0.381 e. The van der Waals surface area contributed by atoms with Crippen LogP contribution in [0.2, 0.25) is 0 Å². The second-order valence-corrected chi connectivity index (χ2v) is 5.68. The maximum absolute atomic E-state index is 12.3. The van der Waals surface area contributed by atoms with Crippen molar-refractivity contribution in [1.82, 2.24) is 10.1 Å². The number of rotatable bonds is 4. The average Bonchev–Trinajstić information content (AvgIpc) is 3.02. The van der Waals surface area contributed by atoms with Crippen molar-refractivity contribution in [2.24, 2.45) is 11.7 Å². The first kappa shape index (κ1) is 15.6. The fraction of sp³-hybridized carbons (Fsp3) is 0.438. The van der Waals surface area contributed by atoms with Crippen LogP contribution in [0, 0.1) is 12.8 Å².